The lowest BCUT2D eigenvalue weighted by molar-refractivity contribution is 0.415. The van der Waals surface area contributed by atoms with E-state index in [1.807, 2.05) is 36.4 Å². The number of anilines is 2. The van der Waals surface area contributed by atoms with E-state index in [9.17, 15) is 0 Å². The van der Waals surface area contributed by atoms with E-state index in [-0.39, 0.29) is 0 Å². The summed E-state index contributed by atoms with van der Waals surface area (Å²) in [6, 6.07) is 11.7. The first-order chi connectivity index (χ1) is 9.36. The Morgan fingerprint density at radius 1 is 1.21 bits per heavy atom. The zero-order valence-electron chi connectivity index (χ0n) is 11.0. The number of benzene rings is 1. The second kappa shape index (κ2) is 6.70. The van der Waals surface area contributed by atoms with Crippen LogP contribution < -0.4 is 15.4 Å². The van der Waals surface area contributed by atoms with E-state index in [1.54, 1.807) is 13.3 Å². The molecule has 1 heterocycles. The zero-order chi connectivity index (χ0) is 13.5. The van der Waals surface area contributed by atoms with Gasteiger partial charge in [-0.3, -0.25) is 0 Å². The molecule has 100 valence electrons. The molecule has 0 radical (unpaired) electrons. The molecular formula is C14H18N4O. The van der Waals surface area contributed by atoms with Crippen LogP contribution in [0, 0.1) is 0 Å². The van der Waals surface area contributed by atoms with E-state index in [1.165, 1.54) is 0 Å². The van der Waals surface area contributed by atoms with Gasteiger partial charge in [0.1, 0.15) is 5.75 Å². The monoisotopic (exact) mass is 258 g/mol. The number of hydrogen-bond acceptors (Lipinski definition) is 5. The summed E-state index contributed by atoms with van der Waals surface area (Å²) in [5.41, 5.74) is 6.58. The van der Waals surface area contributed by atoms with E-state index in [0.717, 1.165) is 30.2 Å². The Kier molecular flexibility index (Phi) is 4.69. The molecule has 5 nitrogen and oxygen atoms in total. The average molecular weight is 258 g/mol. The molecule has 0 atom stereocenters. The lowest BCUT2D eigenvalue weighted by atomic mass is 10.2. The van der Waals surface area contributed by atoms with Gasteiger partial charge < -0.3 is 15.4 Å². The summed E-state index contributed by atoms with van der Waals surface area (Å²) >= 11 is 0. The summed E-state index contributed by atoms with van der Waals surface area (Å²) in [5, 5.41) is 8.09. The number of hydrogen-bond donors (Lipinski definition) is 1. The third kappa shape index (κ3) is 3.20. The lowest BCUT2D eigenvalue weighted by Gasteiger charge is -2.24. The van der Waals surface area contributed by atoms with Crippen molar-refractivity contribution in [2.24, 2.45) is 5.73 Å². The molecule has 0 fully saturated rings. The first-order valence-corrected chi connectivity index (χ1v) is 6.25. The third-order valence-electron chi connectivity index (χ3n) is 2.80. The summed E-state index contributed by atoms with van der Waals surface area (Å²) in [6.07, 6.45) is 2.53. The van der Waals surface area contributed by atoms with Crippen LogP contribution in [0.25, 0.3) is 0 Å². The van der Waals surface area contributed by atoms with Crippen LogP contribution in [0.4, 0.5) is 11.5 Å². The summed E-state index contributed by atoms with van der Waals surface area (Å²) in [6.45, 7) is 1.40. The maximum absolute atomic E-state index is 5.61. The fourth-order valence-corrected chi connectivity index (χ4v) is 1.90. The Morgan fingerprint density at radius 3 is 2.74 bits per heavy atom. The summed E-state index contributed by atoms with van der Waals surface area (Å²) < 4.78 is 5.41. The van der Waals surface area contributed by atoms with Crippen LogP contribution in [0.5, 0.6) is 5.75 Å². The lowest BCUT2D eigenvalue weighted by Crippen LogP contribution is -2.22. The molecule has 0 aliphatic carbocycles. The van der Waals surface area contributed by atoms with E-state index in [4.69, 9.17) is 10.5 Å². The normalized spacial score (nSPS) is 10.2. The minimum Gasteiger partial charge on any atom is -0.495 e. The highest BCUT2D eigenvalue weighted by atomic mass is 16.5. The highest BCUT2D eigenvalue weighted by Crippen LogP contribution is 2.32. The molecule has 1 aromatic heterocycles. The third-order valence-corrected chi connectivity index (χ3v) is 2.80. The van der Waals surface area contributed by atoms with Crippen LogP contribution >= 0.6 is 0 Å². The van der Waals surface area contributed by atoms with Crippen LogP contribution in [0.1, 0.15) is 6.42 Å². The largest absolute Gasteiger partial charge is 0.495 e. The van der Waals surface area contributed by atoms with Crippen molar-refractivity contribution in [3.8, 4) is 5.75 Å². The van der Waals surface area contributed by atoms with Gasteiger partial charge in [0.25, 0.3) is 0 Å². The van der Waals surface area contributed by atoms with Gasteiger partial charge in [-0.2, -0.15) is 5.10 Å². The number of ether oxygens (including phenoxy) is 1. The second-order valence-electron chi connectivity index (χ2n) is 4.05. The van der Waals surface area contributed by atoms with Gasteiger partial charge >= 0.3 is 0 Å². The number of para-hydroxylation sites is 2. The van der Waals surface area contributed by atoms with Crippen molar-refractivity contribution in [2.45, 2.75) is 6.42 Å². The molecule has 0 spiro atoms. The number of aromatic nitrogens is 2. The molecule has 1 aromatic carbocycles. The predicted molar refractivity (Wildman–Crippen MR) is 75.7 cm³/mol. The summed E-state index contributed by atoms with van der Waals surface area (Å²) in [7, 11) is 1.66. The van der Waals surface area contributed by atoms with Crippen molar-refractivity contribution < 1.29 is 4.74 Å². The van der Waals surface area contributed by atoms with Crippen molar-refractivity contribution in [1.29, 1.82) is 0 Å². The van der Waals surface area contributed by atoms with Gasteiger partial charge in [0.05, 0.1) is 12.8 Å². The number of nitrogens with two attached hydrogens (primary N) is 1. The van der Waals surface area contributed by atoms with Crippen LogP contribution in [0.2, 0.25) is 0 Å². The Hall–Kier alpha value is -2.14. The number of rotatable bonds is 6. The van der Waals surface area contributed by atoms with E-state index in [2.05, 4.69) is 15.1 Å². The van der Waals surface area contributed by atoms with E-state index < -0.39 is 0 Å². The molecule has 0 saturated carbocycles. The van der Waals surface area contributed by atoms with Gasteiger partial charge in [0.15, 0.2) is 5.82 Å². The molecular weight excluding hydrogens is 240 g/mol. The molecule has 0 unspecified atom stereocenters. The van der Waals surface area contributed by atoms with Crippen molar-refractivity contribution in [1.82, 2.24) is 10.2 Å². The van der Waals surface area contributed by atoms with Gasteiger partial charge in [-0.15, -0.1) is 5.10 Å². The van der Waals surface area contributed by atoms with Crippen LogP contribution in [0.3, 0.4) is 0 Å². The maximum Gasteiger partial charge on any atom is 0.155 e. The van der Waals surface area contributed by atoms with E-state index in [0.29, 0.717) is 6.54 Å². The summed E-state index contributed by atoms with van der Waals surface area (Å²) in [5.74, 6) is 1.60. The SMILES string of the molecule is COc1ccccc1N(CCCN)c1cccnn1. The molecule has 2 aromatic rings. The Morgan fingerprint density at radius 2 is 2.05 bits per heavy atom. The topological polar surface area (TPSA) is 64.3 Å². The van der Waals surface area contributed by atoms with Crippen molar-refractivity contribution in [3.63, 3.8) is 0 Å². The van der Waals surface area contributed by atoms with Crippen LogP contribution in [0.15, 0.2) is 42.6 Å². The molecule has 2 N–H and O–H groups in total. The standard InChI is InChI=1S/C14H18N4O/c1-19-13-7-3-2-6-12(13)18(11-5-9-15)14-8-4-10-16-17-14/h2-4,6-8,10H,5,9,11,15H2,1H3. The molecule has 0 aliphatic rings. The highest BCUT2D eigenvalue weighted by molar-refractivity contribution is 5.66. The van der Waals surface area contributed by atoms with Gasteiger partial charge in [0.2, 0.25) is 0 Å². The number of methoxy groups -OCH3 is 1. The smallest absolute Gasteiger partial charge is 0.155 e. The summed E-state index contributed by atoms with van der Waals surface area (Å²) in [4.78, 5) is 2.07. The fourth-order valence-electron chi connectivity index (χ4n) is 1.90. The first kappa shape index (κ1) is 13.3. The van der Waals surface area contributed by atoms with Crippen LogP contribution in [-0.2, 0) is 0 Å². The van der Waals surface area contributed by atoms with Gasteiger partial charge in [-0.1, -0.05) is 12.1 Å². The molecule has 0 saturated heterocycles. The van der Waals surface area contributed by atoms with Gasteiger partial charge in [-0.25, -0.2) is 0 Å². The maximum atomic E-state index is 5.61. The minimum atomic E-state index is 0.631. The Balaban J connectivity index is 2.37. The second-order valence-corrected chi connectivity index (χ2v) is 4.05. The molecule has 19 heavy (non-hydrogen) atoms. The quantitative estimate of drug-likeness (QED) is 0.858. The number of nitrogens with zero attached hydrogens (tertiary/aromatic N) is 3. The van der Waals surface area contributed by atoms with Crippen LogP contribution in [-0.4, -0.2) is 30.4 Å². The zero-order valence-corrected chi connectivity index (χ0v) is 11.0. The first-order valence-electron chi connectivity index (χ1n) is 6.25. The fraction of sp³-hybridized carbons (Fsp3) is 0.286. The van der Waals surface area contributed by atoms with Gasteiger partial charge in [0, 0.05) is 12.7 Å². The van der Waals surface area contributed by atoms with Gasteiger partial charge in [-0.05, 0) is 37.2 Å². The minimum absolute atomic E-state index is 0.631. The molecule has 2 rings (SSSR count). The molecule has 0 amide bonds. The molecule has 0 aliphatic heterocycles. The Labute approximate surface area is 113 Å². The average Bonchev–Trinajstić information content (AvgIpc) is 2.49. The van der Waals surface area contributed by atoms with E-state index >= 15 is 0 Å². The van der Waals surface area contributed by atoms with Crippen molar-refractivity contribution in [3.05, 3.63) is 42.6 Å². The molecule has 5 heteroatoms. The molecule has 0 bridgehead atoms. The predicted octanol–water partition coefficient (Wildman–Crippen LogP) is 1.97. The Bertz CT molecular complexity index is 504. The van der Waals surface area contributed by atoms with Crippen molar-refractivity contribution >= 4 is 11.5 Å². The van der Waals surface area contributed by atoms with Crippen molar-refractivity contribution in [2.75, 3.05) is 25.1 Å². The highest BCUT2D eigenvalue weighted by Gasteiger charge is 2.14.